The van der Waals surface area contributed by atoms with Gasteiger partial charge in [-0.2, -0.15) is 0 Å². The smallest absolute Gasteiger partial charge is 0.313 e. The predicted octanol–water partition coefficient (Wildman–Crippen LogP) is 4.99. The molecule has 0 saturated carbocycles. The van der Waals surface area contributed by atoms with E-state index in [1.54, 1.807) is 48.9 Å². The number of aromatic nitrogens is 3. The van der Waals surface area contributed by atoms with Crippen LogP contribution in [0.4, 0.5) is 0 Å². The fourth-order valence-corrected chi connectivity index (χ4v) is 5.83. The predicted molar refractivity (Wildman–Crippen MR) is 150 cm³/mol. The number of hydrogen-bond acceptors (Lipinski definition) is 10. The molecule has 0 saturated heterocycles. The SMILES string of the molecule is CCOC(=O)CC(=O)CSc1nc2c(sc(=S)n2-c2cccc(OC)c2)c(=O)n1-c1ccc(OCC)cc1. The Hall–Kier alpha value is -3.48. The van der Waals surface area contributed by atoms with Gasteiger partial charge in [-0.15, -0.1) is 0 Å². The first-order valence-electron chi connectivity index (χ1n) is 11.7. The molecule has 0 unspecified atom stereocenters. The Balaban J connectivity index is 1.84. The van der Waals surface area contributed by atoms with E-state index < -0.39 is 5.97 Å². The summed E-state index contributed by atoms with van der Waals surface area (Å²) in [5, 5.41) is 0.285. The minimum Gasteiger partial charge on any atom is -0.497 e. The number of Topliss-reactive ketones (excluding diaryl/α,β-unsaturated/α-hetero) is 1. The maximum Gasteiger partial charge on any atom is 0.313 e. The number of ether oxygens (including phenoxy) is 3. The maximum absolute atomic E-state index is 13.8. The minimum atomic E-state index is -0.588. The third-order valence-corrected chi connectivity index (χ3v) is 7.65. The van der Waals surface area contributed by atoms with Crippen LogP contribution in [-0.2, 0) is 14.3 Å². The van der Waals surface area contributed by atoms with Crippen molar-refractivity contribution in [3.63, 3.8) is 0 Å². The Kier molecular flexibility index (Phi) is 8.97. The molecule has 9 nitrogen and oxygen atoms in total. The van der Waals surface area contributed by atoms with Gasteiger partial charge in [0.05, 0.1) is 37.5 Å². The van der Waals surface area contributed by atoms with Crippen molar-refractivity contribution in [1.82, 2.24) is 14.1 Å². The van der Waals surface area contributed by atoms with Crippen LogP contribution in [-0.4, -0.2) is 51.9 Å². The molecule has 0 fully saturated rings. The number of esters is 1. The molecular formula is C26H25N3O6S3. The molecule has 38 heavy (non-hydrogen) atoms. The van der Waals surface area contributed by atoms with E-state index in [4.69, 9.17) is 31.4 Å². The van der Waals surface area contributed by atoms with Crippen LogP contribution in [0.3, 0.4) is 0 Å². The van der Waals surface area contributed by atoms with Crippen LogP contribution in [0.1, 0.15) is 20.3 Å². The van der Waals surface area contributed by atoms with Gasteiger partial charge in [0.2, 0.25) is 0 Å². The second-order valence-corrected chi connectivity index (χ2v) is 10.4. The number of thiazole rings is 1. The van der Waals surface area contributed by atoms with E-state index in [0.717, 1.165) is 23.1 Å². The van der Waals surface area contributed by atoms with E-state index in [1.807, 2.05) is 25.1 Å². The summed E-state index contributed by atoms with van der Waals surface area (Å²) < 4.78 is 19.7. The monoisotopic (exact) mass is 571 g/mol. The zero-order chi connectivity index (χ0) is 27.2. The Morgan fingerprint density at radius 1 is 1.03 bits per heavy atom. The average molecular weight is 572 g/mol. The lowest BCUT2D eigenvalue weighted by atomic mass is 10.3. The number of rotatable bonds is 11. The van der Waals surface area contributed by atoms with E-state index in [0.29, 0.717) is 43.8 Å². The number of thioether (sulfide) groups is 1. The van der Waals surface area contributed by atoms with Gasteiger partial charge in [-0.3, -0.25) is 23.5 Å². The normalized spacial score (nSPS) is 10.9. The molecule has 0 bridgehead atoms. The Morgan fingerprint density at radius 3 is 2.47 bits per heavy atom. The molecule has 0 atom stereocenters. The van der Waals surface area contributed by atoms with Crippen LogP contribution in [0, 0.1) is 3.95 Å². The molecule has 12 heteroatoms. The van der Waals surface area contributed by atoms with Crippen molar-refractivity contribution in [1.29, 1.82) is 0 Å². The van der Waals surface area contributed by atoms with Crippen molar-refractivity contribution in [3.05, 3.63) is 62.8 Å². The zero-order valence-corrected chi connectivity index (χ0v) is 23.4. The van der Waals surface area contributed by atoms with E-state index in [9.17, 15) is 14.4 Å². The molecule has 4 rings (SSSR count). The van der Waals surface area contributed by atoms with Gasteiger partial charge in [0.1, 0.15) is 22.6 Å². The summed E-state index contributed by atoms with van der Waals surface area (Å²) in [5.74, 6) is 0.297. The largest absolute Gasteiger partial charge is 0.497 e. The van der Waals surface area contributed by atoms with Gasteiger partial charge in [0.15, 0.2) is 20.5 Å². The molecule has 0 aliphatic rings. The first kappa shape index (κ1) is 27.6. The first-order valence-corrected chi connectivity index (χ1v) is 13.9. The molecule has 0 aliphatic carbocycles. The van der Waals surface area contributed by atoms with E-state index in [2.05, 4.69) is 0 Å². The van der Waals surface area contributed by atoms with Gasteiger partial charge < -0.3 is 14.2 Å². The lowest BCUT2D eigenvalue weighted by Crippen LogP contribution is -2.22. The second kappa shape index (κ2) is 12.4. The van der Waals surface area contributed by atoms with Crippen molar-refractivity contribution in [2.45, 2.75) is 25.4 Å². The van der Waals surface area contributed by atoms with Crippen molar-refractivity contribution >= 4 is 57.4 Å². The van der Waals surface area contributed by atoms with Gasteiger partial charge in [-0.25, -0.2) is 4.98 Å². The highest BCUT2D eigenvalue weighted by Crippen LogP contribution is 2.29. The van der Waals surface area contributed by atoms with Crippen molar-refractivity contribution in [3.8, 4) is 22.9 Å². The first-order chi connectivity index (χ1) is 18.4. The topological polar surface area (TPSA) is 102 Å². The summed E-state index contributed by atoms with van der Waals surface area (Å²) >= 11 is 7.86. The fraction of sp³-hybridized carbons (Fsp3) is 0.269. The highest BCUT2D eigenvalue weighted by molar-refractivity contribution is 7.99. The number of benzene rings is 2. The standard InChI is InChI=1S/C26H25N3O6S3/c1-4-34-19-11-9-16(10-12-19)29-24(32)22-23(27-25(29)37-15-18(30)14-21(31)35-5-2)28(26(36)38-22)17-7-6-8-20(13-17)33-3/h6-13H,4-5,14-15H2,1-3H3. The number of fused-ring (bicyclic) bond motifs is 1. The highest BCUT2D eigenvalue weighted by Gasteiger charge is 2.21. The molecule has 2 aromatic heterocycles. The van der Waals surface area contributed by atoms with Crippen molar-refractivity contribution in [2.24, 2.45) is 0 Å². The third-order valence-electron chi connectivity index (χ3n) is 5.30. The Morgan fingerprint density at radius 2 is 1.79 bits per heavy atom. The fourth-order valence-electron chi connectivity index (χ4n) is 3.66. The van der Waals surface area contributed by atoms with Gasteiger partial charge in [0, 0.05) is 6.07 Å². The Bertz CT molecular complexity index is 1590. The quantitative estimate of drug-likeness (QED) is 0.0810. The number of carbonyl (C=O) groups excluding carboxylic acids is 2. The van der Waals surface area contributed by atoms with Crippen molar-refractivity contribution < 1.29 is 23.8 Å². The number of carbonyl (C=O) groups is 2. The number of ketones is 1. The number of methoxy groups -OCH3 is 1. The van der Waals surface area contributed by atoms with E-state index in [-0.39, 0.29) is 35.3 Å². The van der Waals surface area contributed by atoms with Crippen LogP contribution in [0.25, 0.3) is 21.7 Å². The maximum atomic E-state index is 13.8. The molecule has 2 aromatic carbocycles. The van der Waals surface area contributed by atoms with Gasteiger partial charge in [-0.05, 0) is 62.5 Å². The summed E-state index contributed by atoms with van der Waals surface area (Å²) in [7, 11) is 1.57. The molecule has 4 aromatic rings. The van der Waals surface area contributed by atoms with Crippen molar-refractivity contribution in [2.75, 3.05) is 26.1 Å². The molecule has 0 N–H and O–H groups in total. The van der Waals surface area contributed by atoms with Crippen LogP contribution in [0.2, 0.25) is 0 Å². The summed E-state index contributed by atoms with van der Waals surface area (Å²) in [5.41, 5.74) is 1.30. The van der Waals surface area contributed by atoms with Crippen LogP contribution < -0.4 is 15.0 Å². The van der Waals surface area contributed by atoms with Crippen LogP contribution >= 0.6 is 35.3 Å². The number of nitrogens with zero attached hydrogens (tertiary/aromatic N) is 3. The molecule has 0 aliphatic heterocycles. The molecular weight excluding hydrogens is 547 g/mol. The molecule has 0 spiro atoms. The van der Waals surface area contributed by atoms with Crippen LogP contribution in [0.5, 0.6) is 11.5 Å². The van der Waals surface area contributed by atoms with Gasteiger partial charge in [-0.1, -0.05) is 29.2 Å². The lowest BCUT2D eigenvalue weighted by Gasteiger charge is -2.13. The van der Waals surface area contributed by atoms with Crippen LogP contribution in [0.15, 0.2) is 58.5 Å². The summed E-state index contributed by atoms with van der Waals surface area (Å²) in [4.78, 5) is 42.9. The summed E-state index contributed by atoms with van der Waals surface area (Å²) in [6.07, 6.45) is -0.352. The summed E-state index contributed by atoms with van der Waals surface area (Å²) in [6, 6.07) is 14.3. The average Bonchev–Trinajstić information content (AvgIpc) is 3.24. The van der Waals surface area contributed by atoms with E-state index in [1.165, 1.54) is 4.57 Å². The molecule has 0 amide bonds. The Labute approximate surface area is 232 Å². The number of hydrogen-bond donors (Lipinski definition) is 0. The second-order valence-electron chi connectivity index (χ2n) is 7.83. The minimum absolute atomic E-state index is 0.0716. The molecule has 0 radical (unpaired) electrons. The van der Waals surface area contributed by atoms with Gasteiger partial charge in [0.25, 0.3) is 5.56 Å². The van der Waals surface area contributed by atoms with E-state index >= 15 is 0 Å². The van der Waals surface area contributed by atoms with Gasteiger partial charge >= 0.3 is 5.97 Å². The molecule has 198 valence electrons. The lowest BCUT2D eigenvalue weighted by molar-refractivity contribution is -0.145. The third kappa shape index (κ3) is 5.98. The zero-order valence-electron chi connectivity index (χ0n) is 21.0. The molecule has 2 heterocycles. The summed E-state index contributed by atoms with van der Waals surface area (Å²) in [6.45, 7) is 4.27. The highest BCUT2D eigenvalue weighted by atomic mass is 32.2.